The highest BCUT2D eigenvalue weighted by atomic mass is 16.3. The molecular weight excluding hydrogens is 320 g/mol. The standard InChI is InChI=1S/C17H26N6O2/c1-23(13-6-3-2-4-7-13)10-9-18-17(24)19-12-15-20-16(22-21-15)14-8-5-11-25-14/h5,8,11,13H,2-4,6-7,9-10,12H2,1H3,(H2,18,19,24)(H,20,21,22). The van der Waals surface area contributed by atoms with E-state index in [1.54, 1.807) is 18.4 Å². The van der Waals surface area contributed by atoms with Crippen LogP contribution in [0.25, 0.3) is 11.6 Å². The maximum absolute atomic E-state index is 11.9. The van der Waals surface area contributed by atoms with Gasteiger partial charge in [-0.25, -0.2) is 9.78 Å². The second kappa shape index (κ2) is 8.66. The molecule has 0 spiro atoms. The fourth-order valence-electron chi connectivity index (χ4n) is 3.17. The summed E-state index contributed by atoms with van der Waals surface area (Å²) < 4.78 is 5.23. The van der Waals surface area contributed by atoms with Crippen LogP contribution in [0.1, 0.15) is 37.9 Å². The molecule has 2 amide bonds. The van der Waals surface area contributed by atoms with E-state index >= 15 is 0 Å². The Morgan fingerprint density at radius 1 is 1.36 bits per heavy atom. The highest BCUT2D eigenvalue weighted by Gasteiger charge is 2.17. The Morgan fingerprint density at radius 3 is 2.96 bits per heavy atom. The minimum absolute atomic E-state index is 0.201. The number of nitrogens with zero attached hydrogens (tertiary/aromatic N) is 3. The van der Waals surface area contributed by atoms with Gasteiger partial charge in [0.1, 0.15) is 5.82 Å². The second-order valence-electron chi connectivity index (χ2n) is 6.46. The monoisotopic (exact) mass is 346 g/mol. The molecule has 2 heterocycles. The number of furan rings is 1. The number of hydrogen-bond acceptors (Lipinski definition) is 5. The maximum Gasteiger partial charge on any atom is 0.315 e. The zero-order valence-corrected chi connectivity index (χ0v) is 14.6. The second-order valence-corrected chi connectivity index (χ2v) is 6.46. The largest absolute Gasteiger partial charge is 0.461 e. The van der Waals surface area contributed by atoms with Gasteiger partial charge in [0, 0.05) is 19.1 Å². The van der Waals surface area contributed by atoms with Gasteiger partial charge in [-0.2, -0.15) is 0 Å². The van der Waals surface area contributed by atoms with Crippen molar-refractivity contribution in [2.24, 2.45) is 0 Å². The number of likely N-dealkylation sites (N-methyl/N-ethyl adjacent to an activating group) is 1. The number of nitrogens with one attached hydrogen (secondary N) is 3. The molecule has 25 heavy (non-hydrogen) atoms. The molecule has 0 atom stereocenters. The summed E-state index contributed by atoms with van der Waals surface area (Å²) in [6, 6.07) is 4.03. The van der Waals surface area contributed by atoms with Crippen molar-refractivity contribution < 1.29 is 9.21 Å². The predicted octanol–water partition coefficient (Wildman–Crippen LogP) is 2.13. The summed E-state index contributed by atoms with van der Waals surface area (Å²) in [5, 5.41) is 12.5. The van der Waals surface area contributed by atoms with E-state index in [1.165, 1.54) is 32.1 Å². The van der Waals surface area contributed by atoms with Crippen LogP contribution in [0.15, 0.2) is 22.8 Å². The lowest BCUT2D eigenvalue weighted by Crippen LogP contribution is -2.42. The van der Waals surface area contributed by atoms with Crippen LogP contribution < -0.4 is 10.6 Å². The lowest BCUT2D eigenvalue weighted by Gasteiger charge is -2.31. The van der Waals surface area contributed by atoms with E-state index in [2.05, 4.69) is 37.8 Å². The first kappa shape index (κ1) is 17.5. The molecule has 2 aromatic rings. The normalized spacial score (nSPS) is 15.4. The number of amides is 2. The van der Waals surface area contributed by atoms with Gasteiger partial charge in [0.2, 0.25) is 5.82 Å². The quantitative estimate of drug-likeness (QED) is 0.713. The molecule has 3 N–H and O–H groups in total. The van der Waals surface area contributed by atoms with E-state index in [-0.39, 0.29) is 12.6 Å². The van der Waals surface area contributed by atoms with Gasteiger partial charge in [-0.15, -0.1) is 5.10 Å². The number of rotatable bonds is 7. The lowest BCUT2D eigenvalue weighted by atomic mass is 9.94. The molecule has 1 saturated carbocycles. The minimum Gasteiger partial charge on any atom is -0.461 e. The Bertz CT molecular complexity index is 648. The van der Waals surface area contributed by atoms with E-state index in [1.807, 2.05) is 0 Å². The Labute approximate surface area is 147 Å². The van der Waals surface area contributed by atoms with Crippen LogP contribution in [0, 0.1) is 0 Å². The van der Waals surface area contributed by atoms with Crippen molar-refractivity contribution in [3.63, 3.8) is 0 Å². The lowest BCUT2D eigenvalue weighted by molar-refractivity contribution is 0.191. The molecule has 8 heteroatoms. The summed E-state index contributed by atoms with van der Waals surface area (Å²) in [7, 11) is 2.14. The zero-order chi connectivity index (χ0) is 17.5. The highest BCUT2D eigenvalue weighted by Crippen LogP contribution is 2.21. The molecule has 136 valence electrons. The number of carbonyl (C=O) groups is 1. The van der Waals surface area contributed by atoms with Gasteiger partial charge in [0.05, 0.1) is 12.8 Å². The summed E-state index contributed by atoms with van der Waals surface area (Å²) in [5.41, 5.74) is 0. The molecule has 0 aliphatic heterocycles. The van der Waals surface area contributed by atoms with Gasteiger partial charge in [0.15, 0.2) is 5.76 Å². The third-order valence-electron chi connectivity index (χ3n) is 4.64. The van der Waals surface area contributed by atoms with Gasteiger partial charge < -0.3 is 20.0 Å². The Balaban J connectivity index is 1.34. The van der Waals surface area contributed by atoms with Crippen molar-refractivity contribution in [3.8, 4) is 11.6 Å². The third kappa shape index (κ3) is 5.06. The summed E-state index contributed by atoms with van der Waals surface area (Å²) in [4.78, 5) is 18.5. The topological polar surface area (TPSA) is 99.1 Å². The number of H-pyrrole nitrogens is 1. The zero-order valence-electron chi connectivity index (χ0n) is 14.6. The third-order valence-corrected chi connectivity index (χ3v) is 4.64. The molecule has 1 fully saturated rings. The van der Waals surface area contributed by atoms with E-state index in [9.17, 15) is 4.79 Å². The first-order valence-electron chi connectivity index (χ1n) is 8.89. The summed E-state index contributed by atoms with van der Waals surface area (Å²) in [5.74, 6) is 1.66. The van der Waals surface area contributed by atoms with Gasteiger partial charge >= 0.3 is 6.03 Å². The maximum atomic E-state index is 11.9. The number of hydrogen-bond donors (Lipinski definition) is 3. The Hall–Kier alpha value is -2.35. The van der Waals surface area contributed by atoms with E-state index in [4.69, 9.17) is 4.42 Å². The molecule has 0 saturated heterocycles. The first-order valence-corrected chi connectivity index (χ1v) is 8.89. The number of urea groups is 1. The Morgan fingerprint density at radius 2 is 2.20 bits per heavy atom. The van der Waals surface area contributed by atoms with E-state index in [0.29, 0.717) is 30.0 Å². The molecular formula is C17H26N6O2. The number of aromatic nitrogens is 3. The minimum atomic E-state index is -0.201. The summed E-state index contributed by atoms with van der Waals surface area (Å²) >= 11 is 0. The van der Waals surface area contributed by atoms with Crippen molar-refractivity contribution in [1.82, 2.24) is 30.7 Å². The summed E-state index contributed by atoms with van der Waals surface area (Å²) in [6.07, 6.45) is 8.11. The van der Waals surface area contributed by atoms with Crippen LogP contribution in [0.2, 0.25) is 0 Å². The van der Waals surface area contributed by atoms with Gasteiger partial charge in [-0.05, 0) is 32.0 Å². The average molecular weight is 346 g/mol. The molecule has 0 radical (unpaired) electrons. The van der Waals surface area contributed by atoms with Crippen LogP contribution >= 0.6 is 0 Å². The smallest absolute Gasteiger partial charge is 0.315 e. The SMILES string of the molecule is CN(CCNC(=O)NCc1nc(-c2ccco2)n[nH]1)C1CCCCC1. The van der Waals surface area contributed by atoms with Crippen molar-refractivity contribution in [2.45, 2.75) is 44.7 Å². The van der Waals surface area contributed by atoms with Crippen molar-refractivity contribution >= 4 is 6.03 Å². The van der Waals surface area contributed by atoms with Crippen LogP contribution in [0.4, 0.5) is 4.79 Å². The number of carbonyl (C=O) groups excluding carboxylic acids is 1. The molecule has 0 aromatic carbocycles. The fraction of sp³-hybridized carbons (Fsp3) is 0.588. The molecule has 0 bridgehead atoms. The van der Waals surface area contributed by atoms with Crippen LogP contribution in [0.5, 0.6) is 0 Å². The average Bonchev–Trinajstić information content (AvgIpc) is 3.32. The molecule has 1 aliphatic carbocycles. The van der Waals surface area contributed by atoms with Crippen molar-refractivity contribution in [3.05, 3.63) is 24.2 Å². The van der Waals surface area contributed by atoms with Crippen molar-refractivity contribution in [1.29, 1.82) is 0 Å². The molecule has 2 aromatic heterocycles. The Kier molecular flexibility index (Phi) is 6.05. The predicted molar refractivity (Wildman–Crippen MR) is 93.8 cm³/mol. The first-order chi connectivity index (χ1) is 12.2. The summed E-state index contributed by atoms with van der Waals surface area (Å²) in [6.45, 7) is 1.79. The van der Waals surface area contributed by atoms with Crippen LogP contribution in [0.3, 0.4) is 0 Å². The van der Waals surface area contributed by atoms with Gasteiger partial charge in [-0.1, -0.05) is 19.3 Å². The fourth-order valence-corrected chi connectivity index (χ4v) is 3.17. The van der Waals surface area contributed by atoms with Crippen molar-refractivity contribution in [2.75, 3.05) is 20.1 Å². The molecule has 0 unspecified atom stereocenters. The highest BCUT2D eigenvalue weighted by molar-refractivity contribution is 5.73. The van der Waals surface area contributed by atoms with E-state index in [0.717, 1.165) is 6.54 Å². The van der Waals surface area contributed by atoms with Crippen LogP contribution in [-0.4, -0.2) is 52.3 Å². The molecule has 3 rings (SSSR count). The molecule has 8 nitrogen and oxygen atoms in total. The van der Waals surface area contributed by atoms with Gasteiger partial charge in [-0.3, -0.25) is 5.10 Å². The van der Waals surface area contributed by atoms with Gasteiger partial charge in [0.25, 0.3) is 0 Å². The van der Waals surface area contributed by atoms with Crippen LogP contribution in [-0.2, 0) is 6.54 Å². The molecule has 1 aliphatic rings. The van der Waals surface area contributed by atoms with E-state index < -0.39 is 0 Å². The number of aromatic amines is 1.